The Morgan fingerprint density at radius 1 is 1.14 bits per heavy atom. The topological polar surface area (TPSA) is 93.5 Å². The molecule has 28 heavy (non-hydrogen) atoms. The van der Waals surface area contributed by atoms with E-state index in [0.29, 0.717) is 25.9 Å². The van der Waals surface area contributed by atoms with E-state index in [1.807, 2.05) is 6.07 Å². The lowest BCUT2D eigenvalue weighted by Gasteiger charge is -2.34. The molecule has 2 fully saturated rings. The first kappa shape index (κ1) is 20.8. The highest BCUT2D eigenvalue weighted by molar-refractivity contribution is 7.89. The van der Waals surface area contributed by atoms with Gasteiger partial charge in [-0.25, -0.2) is 8.42 Å². The number of likely N-dealkylation sites (tertiary alicyclic amines) is 1. The van der Waals surface area contributed by atoms with E-state index in [1.54, 1.807) is 12.1 Å². The zero-order valence-electron chi connectivity index (χ0n) is 16.3. The van der Waals surface area contributed by atoms with Crippen molar-refractivity contribution in [3.8, 4) is 6.07 Å². The normalized spacial score (nSPS) is 20.6. The zero-order valence-corrected chi connectivity index (χ0v) is 17.1. The number of carbonyl (C=O) groups excluding carboxylic acids is 1. The van der Waals surface area contributed by atoms with Crippen LogP contribution in [0.1, 0.15) is 38.2 Å². The van der Waals surface area contributed by atoms with Crippen molar-refractivity contribution >= 4 is 15.9 Å². The lowest BCUT2D eigenvalue weighted by atomic mass is 9.96. The number of nitrogens with one attached hydrogen (secondary N) is 1. The molecule has 2 aliphatic heterocycles. The van der Waals surface area contributed by atoms with Gasteiger partial charge < -0.3 is 10.2 Å². The number of nitrogens with zero attached hydrogens (tertiary/aromatic N) is 3. The Morgan fingerprint density at radius 2 is 1.79 bits per heavy atom. The van der Waals surface area contributed by atoms with Gasteiger partial charge in [0, 0.05) is 38.1 Å². The molecule has 0 aliphatic carbocycles. The molecule has 2 heterocycles. The third-order valence-corrected chi connectivity index (χ3v) is 7.79. The molecule has 152 valence electrons. The second-order valence-electron chi connectivity index (χ2n) is 7.50. The molecule has 0 atom stereocenters. The van der Waals surface area contributed by atoms with Crippen LogP contribution in [0.3, 0.4) is 0 Å². The molecule has 1 N–H and O–H groups in total. The smallest absolute Gasteiger partial charge is 0.244 e. The molecule has 1 amide bonds. The fourth-order valence-corrected chi connectivity index (χ4v) is 5.61. The molecule has 2 saturated heterocycles. The molecule has 0 spiro atoms. The number of piperidine rings is 2. The van der Waals surface area contributed by atoms with E-state index in [-0.39, 0.29) is 28.3 Å². The van der Waals surface area contributed by atoms with Crippen LogP contribution in [0.15, 0.2) is 29.2 Å². The third kappa shape index (κ3) is 4.54. The van der Waals surface area contributed by atoms with Gasteiger partial charge in [-0.05, 0) is 44.4 Å². The summed E-state index contributed by atoms with van der Waals surface area (Å²) in [5.74, 6) is -0.105. The van der Waals surface area contributed by atoms with Gasteiger partial charge >= 0.3 is 0 Å². The number of hydrogen-bond donors (Lipinski definition) is 1. The minimum absolute atomic E-state index is 0.0445. The highest BCUT2D eigenvalue weighted by Gasteiger charge is 2.34. The largest absolute Gasteiger partial charge is 0.353 e. The predicted octanol–water partition coefficient (Wildman–Crippen LogP) is 1.56. The minimum atomic E-state index is -3.72. The van der Waals surface area contributed by atoms with E-state index >= 15 is 0 Å². The quantitative estimate of drug-likeness (QED) is 0.804. The molecule has 0 saturated carbocycles. The van der Waals surface area contributed by atoms with E-state index in [0.717, 1.165) is 32.5 Å². The second-order valence-corrected chi connectivity index (χ2v) is 9.41. The SMILES string of the molecule is CCN1CCC(NC(=O)C2CCN(S(=O)(=O)c3ccccc3C#N)CC2)CC1. The first-order valence-corrected chi connectivity index (χ1v) is 11.4. The van der Waals surface area contributed by atoms with E-state index in [9.17, 15) is 18.5 Å². The van der Waals surface area contributed by atoms with E-state index in [1.165, 1.54) is 16.4 Å². The third-order valence-electron chi connectivity index (χ3n) is 5.83. The molecule has 3 rings (SSSR count). The molecule has 2 aliphatic rings. The Morgan fingerprint density at radius 3 is 2.39 bits per heavy atom. The summed E-state index contributed by atoms with van der Waals surface area (Å²) in [6, 6.07) is 8.42. The van der Waals surface area contributed by atoms with Gasteiger partial charge in [-0.3, -0.25) is 4.79 Å². The molecule has 1 aromatic rings. The Labute approximate surface area is 167 Å². The fourth-order valence-electron chi connectivity index (χ4n) is 3.99. The maximum Gasteiger partial charge on any atom is 0.244 e. The van der Waals surface area contributed by atoms with Crippen molar-refractivity contribution in [2.24, 2.45) is 5.92 Å². The summed E-state index contributed by atoms with van der Waals surface area (Å²) in [6.45, 7) is 5.81. The number of benzene rings is 1. The number of rotatable bonds is 5. The van der Waals surface area contributed by atoms with E-state index in [4.69, 9.17) is 0 Å². The fraction of sp³-hybridized carbons (Fsp3) is 0.600. The number of carbonyl (C=O) groups is 1. The van der Waals surface area contributed by atoms with Crippen molar-refractivity contribution in [1.82, 2.24) is 14.5 Å². The van der Waals surface area contributed by atoms with Crippen LogP contribution in [0.25, 0.3) is 0 Å². The first-order valence-electron chi connectivity index (χ1n) is 9.97. The van der Waals surface area contributed by atoms with Crippen molar-refractivity contribution in [3.63, 3.8) is 0 Å². The number of sulfonamides is 1. The van der Waals surface area contributed by atoms with Gasteiger partial charge in [-0.1, -0.05) is 19.1 Å². The van der Waals surface area contributed by atoms with Crippen molar-refractivity contribution in [2.45, 2.75) is 43.5 Å². The minimum Gasteiger partial charge on any atom is -0.353 e. The summed E-state index contributed by atoms with van der Waals surface area (Å²) in [5.41, 5.74) is 0.154. The standard InChI is InChI=1S/C20H28N4O3S/c1-2-23-11-9-18(10-12-23)22-20(25)16-7-13-24(14-8-16)28(26,27)19-6-4-3-5-17(19)15-21/h3-6,16,18H,2,7-14H2,1H3,(H,22,25). The van der Waals surface area contributed by atoms with Crippen LogP contribution in [-0.2, 0) is 14.8 Å². The molecule has 0 bridgehead atoms. The maximum absolute atomic E-state index is 12.9. The van der Waals surface area contributed by atoms with Crippen LogP contribution >= 0.6 is 0 Å². The number of nitriles is 1. The highest BCUT2D eigenvalue weighted by Crippen LogP contribution is 2.26. The molecule has 1 aromatic carbocycles. The van der Waals surface area contributed by atoms with Gasteiger partial charge in [-0.2, -0.15) is 9.57 Å². The van der Waals surface area contributed by atoms with Gasteiger partial charge in [0.1, 0.15) is 6.07 Å². The lowest BCUT2D eigenvalue weighted by Crippen LogP contribution is -2.48. The highest BCUT2D eigenvalue weighted by atomic mass is 32.2. The van der Waals surface area contributed by atoms with Crippen molar-refractivity contribution in [3.05, 3.63) is 29.8 Å². The summed E-state index contributed by atoms with van der Waals surface area (Å²) in [5, 5.41) is 12.4. The van der Waals surface area contributed by atoms with Crippen LogP contribution in [-0.4, -0.2) is 62.3 Å². The summed E-state index contributed by atoms with van der Waals surface area (Å²) < 4.78 is 27.2. The number of hydrogen-bond acceptors (Lipinski definition) is 5. The van der Waals surface area contributed by atoms with Crippen molar-refractivity contribution in [2.75, 3.05) is 32.7 Å². The van der Waals surface area contributed by atoms with E-state index in [2.05, 4.69) is 17.1 Å². The predicted molar refractivity (Wildman–Crippen MR) is 106 cm³/mol. The van der Waals surface area contributed by atoms with E-state index < -0.39 is 10.0 Å². The zero-order chi connectivity index (χ0) is 20.1. The van der Waals surface area contributed by atoms with Crippen LogP contribution in [0.2, 0.25) is 0 Å². The lowest BCUT2D eigenvalue weighted by molar-refractivity contribution is -0.127. The molecule has 0 aromatic heterocycles. The number of amides is 1. The van der Waals surface area contributed by atoms with Gasteiger partial charge in [-0.15, -0.1) is 0 Å². The molecule has 7 nitrogen and oxygen atoms in total. The summed E-state index contributed by atoms with van der Waals surface area (Å²) in [4.78, 5) is 15.0. The van der Waals surface area contributed by atoms with Crippen molar-refractivity contribution < 1.29 is 13.2 Å². The molecular weight excluding hydrogens is 376 g/mol. The first-order chi connectivity index (χ1) is 13.5. The molecule has 8 heteroatoms. The molecular formula is C20H28N4O3S. The van der Waals surface area contributed by atoms with Crippen LogP contribution in [0.5, 0.6) is 0 Å². The maximum atomic E-state index is 12.9. The van der Waals surface area contributed by atoms with Gasteiger partial charge in [0.2, 0.25) is 15.9 Å². The van der Waals surface area contributed by atoms with Gasteiger partial charge in [0.05, 0.1) is 10.5 Å². The summed E-state index contributed by atoms with van der Waals surface area (Å²) >= 11 is 0. The summed E-state index contributed by atoms with van der Waals surface area (Å²) in [6.07, 6.45) is 2.96. The monoisotopic (exact) mass is 404 g/mol. The van der Waals surface area contributed by atoms with Crippen LogP contribution < -0.4 is 5.32 Å². The Kier molecular flexibility index (Phi) is 6.70. The average molecular weight is 405 g/mol. The van der Waals surface area contributed by atoms with Crippen LogP contribution in [0, 0.1) is 17.2 Å². The van der Waals surface area contributed by atoms with Gasteiger partial charge in [0.15, 0.2) is 0 Å². The molecule has 0 radical (unpaired) electrons. The van der Waals surface area contributed by atoms with Gasteiger partial charge in [0.25, 0.3) is 0 Å². The summed E-state index contributed by atoms with van der Waals surface area (Å²) in [7, 11) is -3.72. The Bertz CT molecular complexity index is 833. The van der Waals surface area contributed by atoms with Crippen molar-refractivity contribution in [1.29, 1.82) is 5.26 Å². The molecule has 0 unspecified atom stereocenters. The Hall–Kier alpha value is -1.95. The Balaban J connectivity index is 1.55. The second kappa shape index (κ2) is 9.03. The van der Waals surface area contributed by atoms with Crippen LogP contribution in [0.4, 0.5) is 0 Å². The average Bonchev–Trinajstić information content (AvgIpc) is 2.74.